The molecule has 0 radical (unpaired) electrons. The SMILES string of the molecule is CC(C)NCc1nnnn1-c1ccc(Cl)cc1C(F)(F)F. The van der Waals surface area contributed by atoms with Gasteiger partial charge in [-0.3, -0.25) is 0 Å². The van der Waals surface area contributed by atoms with E-state index >= 15 is 0 Å². The van der Waals surface area contributed by atoms with Crippen molar-refractivity contribution in [2.45, 2.75) is 32.6 Å². The van der Waals surface area contributed by atoms with E-state index in [9.17, 15) is 13.2 Å². The van der Waals surface area contributed by atoms with Crippen LogP contribution in [0.3, 0.4) is 0 Å². The fourth-order valence-corrected chi connectivity index (χ4v) is 1.89. The van der Waals surface area contributed by atoms with Crippen molar-refractivity contribution in [3.8, 4) is 5.69 Å². The lowest BCUT2D eigenvalue weighted by Gasteiger charge is -2.14. The van der Waals surface area contributed by atoms with Crippen molar-refractivity contribution in [1.82, 2.24) is 25.5 Å². The first kappa shape index (κ1) is 15.7. The first-order chi connectivity index (χ1) is 9.79. The summed E-state index contributed by atoms with van der Waals surface area (Å²) in [5.74, 6) is 0.288. The largest absolute Gasteiger partial charge is 0.418 e. The normalized spacial score (nSPS) is 12.1. The fraction of sp³-hybridized carbons (Fsp3) is 0.417. The van der Waals surface area contributed by atoms with Gasteiger partial charge in [0.05, 0.1) is 17.8 Å². The first-order valence-corrected chi connectivity index (χ1v) is 6.54. The number of benzene rings is 1. The maximum atomic E-state index is 13.1. The number of alkyl halides is 3. The second-order valence-electron chi connectivity index (χ2n) is 4.70. The molecule has 0 aliphatic heterocycles. The van der Waals surface area contributed by atoms with E-state index in [1.165, 1.54) is 12.1 Å². The highest BCUT2D eigenvalue weighted by Gasteiger charge is 2.35. The van der Waals surface area contributed by atoms with Crippen molar-refractivity contribution in [3.63, 3.8) is 0 Å². The second-order valence-corrected chi connectivity index (χ2v) is 5.14. The van der Waals surface area contributed by atoms with Crippen LogP contribution in [0.15, 0.2) is 18.2 Å². The molecule has 0 spiro atoms. The van der Waals surface area contributed by atoms with Crippen molar-refractivity contribution < 1.29 is 13.2 Å². The van der Waals surface area contributed by atoms with Gasteiger partial charge < -0.3 is 5.32 Å². The predicted octanol–water partition coefficient (Wildman–Crippen LogP) is 2.83. The quantitative estimate of drug-likeness (QED) is 0.941. The van der Waals surface area contributed by atoms with Crippen LogP contribution in [0.25, 0.3) is 5.69 Å². The number of aromatic nitrogens is 4. The number of nitrogens with one attached hydrogen (secondary N) is 1. The van der Waals surface area contributed by atoms with E-state index in [2.05, 4.69) is 20.8 Å². The molecule has 0 aliphatic rings. The molecule has 9 heteroatoms. The van der Waals surface area contributed by atoms with Gasteiger partial charge in [0.15, 0.2) is 5.82 Å². The Hall–Kier alpha value is -1.67. The van der Waals surface area contributed by atoms with Gasteiger partial charge in [0.1, 0.15) is 0 Å². The van der Waals surface area contributed by atoms with Gasteiger partial charge in [-0.1, -0.05) is 25.4 Å². The average Bonchev–Trinajstić information content (AvgIpc) is 2.83. The minimum atomic E-state index is -4.55. The summed E-state index contributed by atoms with van der Waals surface area (Å²) in [5.41, 5.74) is -1.04. The lowest BCUT2D eigenvalue weighted by molar-refractivity contribution is -0.137. The monoisotopic (exact) mass is 319 g/mol. The molecule has 0 unspecified atom stereocenters. The summed E-state index contributed by atoms with van der Waals surface area (Å²) < 4.78 is 40.4. The predicted molar refractivity (Wildman–Crippen MR) is 71.1 cm³/mol. The van der Waals surface area contributed by atoms with Crippen LogP contribution in [0.4, 0.5) is 13.2 Å². The Morgan fingerprint density at radius 3 is 2.67 bits per heavy atom. The van der Waals surface area contributed by atoms with Crippen LogP contribution in [-0.4, -0.2) is 26.2 Å². The highest BCUT2D eigenvalue weighted by Crippen LogP contribution is 2.35. The molecule has 0 atom stereocenters. The molecule has 1 N–H and O–H groups in total. The third-order valence-electron chi connectivity index (χ3n) is 2.69. The maximum absolute atomic E-state index is 13.1. The van der Waals surface area contributed by atoms with E-state index < -0.39 is 11.7 Å². The first-order valence-electron chi connectivity index (χ1n) is 6.17. The van der Waals surface area contributed by atoms with Gasteiger partial charge >= 0.3 is 6.18 Å². The summed E-state index contributed by atoms with van der Waals surface area (Å²) in [6.07, 6.45) is -4.55. The van der Waals surface area contributed by atoms with Gasteiger partial charge in [0.25, 0.3) is 0 Å². The minimum absolute atomic E-state index is 0.000930. The fourth-order valence-electron chi connectivity index (χ4n) is 1.72. The standard InChI is InChI=1S/C12H13ClF3N5/c1-7(2)17-6-11-18-19-20-21(11)10-4-3-8(13)5-9(10)12(14,15)16/h3-5,7,17H,6H2,1-2H3. The number of halogens is 4. The third kappa shape index (κ3) is 3.70. The van der Waals surface area contributed by atoms with E-state index in [4.69, 9.17) is 11.6 Å². The number of tetrazole rings is 1. The molecule has 114 valence electrons. The van der Waals surface area contributed by atoms with Crippen LogP contribution >= 0.6 is 11.6 Å². The van der Waals surface area contributed by atoms with Crippen molar-refractivity contribution in [3.05, 3.63) is 34.6 Å². The van der Waals surface area contributed by atoms with Crippen LogP contribution in [0.5, 0.6) is 0 Å². The van der Waals surface area contributed by atoms with Gasteiger partial charge in [0, 0.05) is 11.1 Å². The molecule has 0 aliphatic carbocycles. The number of hydrogen-bond donors (Lipinski definition) is 1. The minimum Gasteiger partial charge on any atom is -0.308 e. The van der Waals surface area contributed by atoms with E-state index in [0.29, 0.717) is 0 Å². The van der Waals surface area contributed by atoms with E-state index in [0.717, 1.165) is 10.7 Å². The van der Waals surface area contributed by atoms with Gasteiger partial charge in [-0.2, -0.15) is 17.9 Å². The van der Waals surface area contributed by atoms with Crippen LogP contribution < -0.4 is 5.32 Å². The molecular weight excluding hydrogens is 307 g/mol. The van der Waals surface area contributed by atoms with Crippen molar-refractivity contribution in [2.24, 2.45) is 0 Å². The van der Waals surface area contributed by atoms with Crippen LogP contribution in [0.2, 0.25) is 5.02 Å². The maximum Gasteiger partial charge on any atom is 0.418 e. The zero-order valence-electron chi connectivity index (χ0n) is 11.3. The highest BCUT2D eigenvalue weighted by molar-refractivity contribution is 6.30. The molecule has 1 heterocycles. The second kappa shape index (κ2) is 5.98. The lowest BCUT2D eigenvalue weighted by Crippen LogP contribution is -2.24. The van der Waals surface area contributed by atoms with Gasteiger partial charge in [-0.05, 0) is 28.6 Å². The Bertz CT molecular complexity index is 624. The summed E-state index contributed by atoms with van der Waals surface area (Å²) in [4.78, 5) is 0. The number of nitrogens with zero attached hydrogens (tertiary/aromatic N) is 4. The van der Waals surface area contributed by atoms with Crippen molar-refractivity contribution >= 4 is 11.6 Å². The molecule has 5 nitrogen and oxygen atoms in total. The van der Waals surface area contributed by atoms with Gasteiger partial charge in [-0.15, -0.1) is 5.10 Å². The van der Waals surface area contributed by atoms with E-state index in [1.807, 2.05) is 13.8 Å². The molecule has 1 aromatic carbocycles. The molecule has 0 bridgehead atoms. The Balaban J connectivity index is 2.46. The summed E-state index contributed by atoms with van der Waals surface area (Å²) in [7, 11) is 0. The zero-order chi connectivity index (χ0) is 15.6. The Morgan fingerprint density at radius 2 is 2.05 bits per heavy atom. The molecular formula is C12H13ClF3N5. The van der Waals surface area contributed by atoms with Crippen LogP contribution in [-0.2, 0) is 12.7 Å². The molecule has 21 heavy (non-hydrogen) atoms. The van der Waals surface area contributed by atoms with Crippen LogP contribution in [0, 0.1) is 0 Å². The molecule has 0 saturated carbocycles. The molecule has 2 aromatic rings. The molecule has 0 saturated heterocycles. The lowest BCUT2D eigenvalue weighted by atomic mass is 10.1. The Kier molecular flexibility index (Phi) is 4.48. The summed E-state index contributed by atoms with van der Waals surface area (Å²) >= 11 is 5.65. The molecule has 2 rings (SSSR count). The molecule has 1 aromatic heterocycles. The van der Waals surface area contributed by atoms with Crippen molar-refractivity contribution in [1.29, 1.82) is 0 Å². The molecule has 0 amide bonds. The van der Waals surface area contributed by atoms with Crippen molar-refractivity contribution in [2.75, 3.05) is 0 Å². The topological polar surface area (TPSA) is 55.6 Å². The van der Waals surface area contributed by atoms with Gasteiger partial charge in [-0.25, -0.2) is 0 Å². The summed E-state index contributed by atoms with van der Waals surface area (Å²) in [6, 6.07) is 3.63. The average molecular weight is 320 g/mol. The Labute approximate surface area is 124 Å². The smallest absolute Gasteiger partial charge is 0.308 e. The zero-order valence-corrected chi connectivity index (χ0v) is 12.1. The summed E-state index contributed by atoms with van der Waals surface area (Å²) in [5, 5.41) is 13.9. The third-order valence-corrected chi connectivity index (χ3v) is 2.93. The Morgan fingerprint density at radius 1 is 1.33 bits per heavy atom. The van der Waals surface area contributed by atoms with Crippen LogP contribution in [0.1, 0.15) is 25.2 Å². The van der Waals surface area contributed by atoms with Gasteiger partial charge in [0.2, 0.25) is 0 Å². The highest BCUT2D eigenvalue weighted by atomic mass is 35.5. The molecule has 0 fully saturated rings. The van der Waals surface area contributed by atoms with E-state index in [1.54, 1.807) is 0 Å². The summed E-state index contributed by atoms with van der Waals surface area (Å²) in [6.45, 7) is 4.08. The number of hydrogen-bond acceptors (Lipinski definition) is 4. The number of rotatable bonds is 4. The van der Waals surface area contributed by atoms with E-state index in [-0.39, 0.29) is 29.1 Å².